The molecule has 0 aliphatic heterocycles. The van der Waals surface area contributed by atoms with E-state index >= 15 is 0 Å². The van der Waals surface area contributed by atoms with Gasteiger partial charge in [0.15, 0.2) is 0 Å². The molecular formula is C12H20N4O. The zero-order valence-electron chi connectivity index (χ0n) is 9.98. The van der Waals surface area contributed by atoms with Crippen LogP contribution < -0.4 is 16.6 Å². The molecule has 0 unspecified atom stereocenters. The van der Waals surface area contributed by atoms with Crippen molar-refractivity contribution in [2.24, 2.45) is 10.8 Å². The summed E-state index contributed by atoms with van der Waals surface area (Å²) in [7, 11) is 0. The van der Waals surface area contributed by atoms with Crippen molar-refractivity contribution in [3.8, 4) is 0 Å². The smallest absolute Gasteiger partial charge is 0.206 e. The van der Waals surface area contributed by atoms with E-state index in [9.17, 15) is 0 Å². The molecule has 0 bridgehead atoms. The Bertz CT molecular complexity index is 341. The van der Waals surface area contributed by atoms with Gasteiger partial charge in [-0.05, 0) is 25.0 Å². The topological polar surface area (TPSA) is 75.6 Å². The van der Waals surface area contributed by atoms with Crippen LogP contribution in [0, 0.1) is 0 Å². The average Bonchev–Trinajstić information content (AvgIpc) is 2.89. The standard InChI is InChI=1S/C12H20N4O/c13-16-12(14-9-11-7-4-8-17-11)15-10-5-2-1-3-6-10/h4,7-8,10H,1-3,5-6,9,13H2,(H2,14,15,16). The molecule has 0 spiro atoms. The Labute approximate surface area is 101 Å². The van der Waals surface area contributed by atoms with Gasteiger partial charge in [-0.15, -0.1) is 0 Å². The maximum Gasteiger partial charge on any atom is 0.206 e. The molecule has 1 saturated carbocycles. The molecule has 1 aliphatic rings. The number of furan rings is 1. The number of guanidine groups is 1. The largest absolute Gasteiger partial charge is 0.467 e. The van der Waals surface area contributed by atoms with E-state index in [0.717, 1.165) is 5.76 Å². The van der Waals surface area contributed by atoms with Crippen molar-refractivity contribution in [2.45, 2.75) is 44.7 Å². The third kappa shape index (κ3) is 3.78. The molecule has 1 aliphatic carbocycles. The molecule has 1 heterocycles. The molecule has 1 aromatic heterocycles. The van der Waals surface area contributed by atoms with Crippen molar-refractivity contribution in [1.82, 2.24) is 10.7 Å². The molecule has 0 saturated heterocycles. The van der Waals surface area contributed by atoms with E-state index in [4.69, 9.17) is 10.3 Å². The number of nitrogens with two attached hydrogens (primary N) is 1. The summed E-state index contributed by atoms with van der Waals surface area (Å²) >= 11 is 0. The minimum atomic E-state index is 0.496. The Morgan fingerprint density at radius 3 is 2.88 bits per heavy atom. The summed E-state index contributed by atoms with van der Waals surface area (Å²) in [6, 6.07) is 4.25. The quantitative estimate of drug-likeness (QED) is 0.322. The molecule has 5 heteroatoms. The van der Waals surface area contributed by atoms with E-state index in [1.54, 1.807) is 6.26 Å². The van der Waals surface area contributed by atoms with Gasteiger partial charge >= 0.3 is 0 Å². The summed E-state index contributed by atoms with van der Waals surface area (Å²) < 4.78 is 5.21. The predicted molar refractivity (Wildman–Crippen MR) is 67.2 cm³/mol. The SMILES string of the molecule is NNC(=NCc1ccco1)NC1CCCCC1. The molecule has 0 radical (unpaired) electrons. The highest BCUT2D eigenvalue weighted by atomic mass is 16.3. The number of hydrogen-bond donors (Lipinski definition) is 3. The average molecular weight is 236 g/mol. The van der Waals surface area contributed by atoms with Gasteiger partial charge in [-0.1, -0.05) is 19.3 Å². The first-order valence-corrected chi connectivity index (χ1v) is 6.18. The van der Waals surface area contributed by atoms with Crippen molar-refractivity contribution in [2.75, 3.05) is 0 Å². The monoisotopic (exact) mass is 236 g/mol. The van der Waals surface area contributed by atoms with Gasteiger partial charge in [0.25, 0.3) is 0 Å². The van der Waals surface area contributed by atoms with Gasteiger partial charge in [0.2, 0.25) is 5.96 Å². The number of hydrogen-bond acceptors (Lipinski definition) is 3. The second-order valence-electron chi connectivity index (χ2n) is 4.37. The highest BCUT2D eigenvalue weighted by Crippen LogP contribution is 2.17. The lowest BCUT2D eigenvalue weighted by atomic mass is 9.96. The molecule has 4 N–H and O–H groups in total. The van der Waals surface area contributed by atoms with Gasteiger partial charge in [0, 0.05) is 6.04 Å². The number of nitrogens with one attached hydrogen (secondary N) is 2. The van der Waals surface area contributed by atoms with Crippen LogP contribution in [0.4, 0.5) is 0 Å². The lowest BCUT2D eigenvalue weighted by molar-refractivity contribution is 0.409. The first-order chi connectivity index (χ1) is 8.38. The molecule has 0 amide bonds. The Kier molecular flexibility index (Phi) is 4.44. The second kappa shape index (κ2) is 6.30. The van der Waals surface area contributed by atoms with E-state index < -0.39 is 0 Å². The Hall–Kier alpha value is -1.49. The minimum absolute atomic E-state index is 0.496. The summed E-state index contributed by atoms with van der Waals surface area (Å²) in [5.74, 6) is 6.94. The zero-order valence-corrected chi connectivity index (χ0v) is 9.98. The maximum atomic E-state index is 5.46. The lowest BCUT2D eigenvalue weighted by Gasteiger charge is -2.24. The van der Waals surface area contributed by atoms with E-state index in [-0.39, 0.29) is 0 Å². The van der Waals surface area contributed by atoms with Gasteiger partial charge in [0.05, 0.1) is 6.26 Å². The number of aliphatic imine (C=N–C) groups is 1. The summed E-state index contributed by atoms with van der Waals surface area (Å²) in [6.45, 7) is 0.506. The van der Waals surface area contributed by atoms with E-state index in [0.29, 0.717) is 18.5 Å². The van der Waals surface area contributed by atoms with Crippen molar-refractivity contribution in [1.29, 1.82) is 0 Å². The summed E-state index contributed by atoms with van der Waals surface area (Å²) in [5.41, 5.74) is 2.61. The van der Waals surface area contributed by atoms with Gasteiger partial charge in [-0.2, -0.15) is 0 Å². The van der Waals surface area contributed by atoms with Crippen molar-refractivity contribution in [3.05, 3.63) is 24.2 Å². The van der Waals surface area contributed by atoms with Crippen LogP contribution in [0.15, 0.2) is 27.8 Å². The summed E-state index contributed by atoms with van der Waals surface area (Å²) in [4.78, 5) is 4.35. The van der Waals surface area contributed by atoms with Crippen molar-refractivity contribution < 1.29 is 4.42 Å². The molecule has 94 valence electrons. The van der Waals surface area contributed by atoms with Crippen LogP contribution in [-0.4, -0.2) is 12.0 Å². The molecule has 5 nitrogen and oxygen atoms in total. The van der Waals surface area contributed by atoms with Crippen LogP contribution in [0.25, 0.3) is 0 Å². The van der Waals surface area contributed by atoms with E-state index in [2.05, 4.69) is 15.7 Å². The van der Waals surface area contributed by atoms with Gasteiger partial charge in [0.1, 0.15) is 12.3 Å². The summed E-state index contributed by atoms with van der Waals surface area (Å²) in [6.07, 6.45) is 7.95. The first kappa shape index (κ1) is 12.0. The van der Waals surface area contributed by atoms with Crippen LogP contribution in [-0.2, 0) is 6.54 Å². The first-order valence-electron chi connectivity index (χ1n) is 6.18. The zero-order chi connectivity index (χ0) is 11.9. The van der Waals surface area contributed by atoms with Gasteiger partial charge < -0.3 is 9.73 Å². The summed E-state index contributed by atoms with van der Waals surface area (Å²) in [5, 5.41) is 3.34. The lowest BCUT2D eigenvalue weighted by Crippen LogP contribution is -2.47. The van der Waals surface area contributed by atoms with Gasteiger partial charge in [-0.25, -0.2) is 10.8 Å². The third-order valence-corrected chi connectivity index (χ3v) is 3.06. The van der Waals surface area contributed by atoms with Crippen molar-refractivity contribution in [3.63, 3.8) is 0 Å². The van der Waals surface area contributed by atoms with Crippen LogP contribution in [0.2, 0.25) is 0 Å². The molecular weight excluding hydrogens is 216 g/mol. The van der Waals surface area contributed by atoms with Crippen LogP contribution in [0.1, 0.15) is 37.9 Å². The predicted octanol–water partition coefficient (Wildman–Crippen LogP) is 1.52. The fraction of sp³-hybridized carbons (Fsp3) is 0.583. The maximum absolute atomic E-state index is 5.46. The Morgan fingerprint density at radius 1 is 1.41 bits per heavy atom. The number of nitrogens with zero attached hydrogens (tertiary/aromatic N) is 1. The highest BCUT2D eigenvalue weighted by Gasteiger charge is 2.14. The van der Waals surface area contributed by atoms with Crippen LogP contribution in [0.3, 0.4) is 0 Å². The normalized spacial score (nSPS) is 18.1. The minimum Gasteiger partial charge on any atom is -0.467 e. The highest BCUT2D eigenvalue weighted by molar-refractivity contribution is 5.79. The molecule has 17 heavy (non-hydrogen) atoms. The molecule has 0 aromatic carbocycles. The number of rotatable bonds is 3. The molecule has 1 fully saturated rings. The molecule has 1 aromatic rings. The van der Waals surface area contributed by atoms with Crippen molar-refractivity contribution >= 4 is 5.96 Å². The third-order valence-electron chi connectivity index (χ3n) is 3.06. The van der Waals surface area contributed by atoms with Crippen LogP contribution >= 0.6 is 0 Å². The Morgan fingerprint density at radius 2 is 2.24 bits per heavy atom. The molecule has 2 rings (SSSR count). The fourth-order valence-corrected chi connectivity index (χ4v) is 2.13. The molecule has 0 atom stereocenters. The second-order valence-corrected chi connectivity index (χ2v) is 4.37. The van der Waals surface area contributed by atoms with E-state index in [1.807, 2.05) is 12.1 Å². The van der Waals surface area contributed by atoms with Gasteiger partial charge in [-0.3, -0.25) is 5.43 Å². The van der Waals surface area contributed by atoms with E-state index in [1.165, 1.54) is 32.1 Å². The fourth-order valence-electron chi connectivity index (χ4n) is 2.13. The van der Waals surface area contributed by atoms with Crippen LogP contribution in [0.5, 0.6) is 0 Å². The Balaban J connectivity index is 1.84. The number of hydrazine groups is 1.